The molecule has 0 atom stereocenters. The van der Waals surface area contributed by atoms with E-state index in [1.807, 2.05) is 24.3 Å². The standard InChI is InChI=1S/C26H30N8O/c27-12-3-7-23-29-13-8-24(30-23)33-15-10-26(11-16-33)9-4-14-34(18-26)21-17-20(31-32-25(21)28)19-5-1-2-6-22(19)35/h1-2,5-6,8,13,17,35H,4,9-12,14-16,18,27H2,(H2,28,32). The lowest BCUT2D eigenvalue weighted by Gasteiger charge is -2.48. The maximum Gasteiger partial charge on any atom is 0.206 e. The first-order valence-corrected chi connectivity index (χ1v) is 12.0. The molecular formula is C26H30N8O. The van der Waals surface area contributed by atoms with Crippen LogP contribution in [0, 0.1) is 17.3 Å². The Hall–Kier alpha value is -3.90. The zero-order valence-corrected chi connectivity index (χ0v) is 19.7. The lowest BCUT2D eigenvalue weighted by molar-refractivity contribution is 0.179. The van der Waals surface area contributed by atoms with Gasteiger partial charge in [0.05, 0.1) is 17.9 Å². The number of hydrogen-bond acceptors (Lipinski definition) is 9. The van der Waals surface area contributed by atoms with Crippen molar-refractivity contribution in [1.29, 1.82) is 0 Å². The quantitative estimate of drug-likeness (QED) is 0.494. The topological polar surface area (TPSA) is 130 Å². The maximum atomic E-state index is 10.3. The molecule has 2 fully saturated rings. The molecule has 3 aromatic rings. The van der Waals surface area contributed by atoms with Crippen molar-refractivity contribution < 1.29 is 5.11 Å². The zero-order chi connectivity index (χ0) is 24.3. The Morgan fingerprint density at radius 1 is 1.03 bits per heavy atom. The Kier molecular flexibility index (Phi) is 6.38. The number of nitrogens with two attached hydrogens (primary N) is 2. The Bertz CT molecular complexity index is 1260. The third-order valence-corrected chi connectivity index (χ3v) is 7.07. The fourth-order valence-corrected chi connectivity index (χ4v) is 5.21. The van der Waals surface area contributed by atoms with E-state index in [0.717, 1.165) is 56.9 Å². The number of phenolic OH excluding ortho intramolecular Hbond substituents is 1. The summed E-state index contributed by atoms with van der Waals surface area (Å²) in [5, 5.41) is 18.7. The minimum Gasteiger partial charge on any atom is -0.507 e. The molecule has 2 saturated heterocycles. The van der Waals surface area contributed by atoms with E-state index in [4.69, 9.17) is 11.5 Å². The van der Waals surface area contributed by atoms with Gasteiger partial charge in [-0.05, 0) is 61.3 Å². The van der Waals surface area contributed by atoms with E-state index in [-0.39, 0.29) is 11.2 Å². The third-order valence-electron chi connectivity index (χ3n) is 7.07. The molecule has 5 rings (SSSR count). The summed E-state index contributed by atoms with van der Waals surface area (Å²) in [7, 11) is 0. The number of aromatic hydroxyl groups is 1. The summed E-state index contributed by atoms with van der Waals surface area (Å²) in [6.45, 7) is 4.01. The van der Waals surface area contributed by atoms with Crippen LogP contribution in [0.4, 0.5) is 17.3 Å². The van der Waals surface area contributed by atoms with E-state index < -0.39 is 0 Å². The first-order chi connectivity index (χ1) is 17.1. The molecule has 0 saturated carbocycles. The van der Waals surface area contributed by atoms with E-state index in [2.05, 4.69) is 41.8 Å². The fourth-order valence-electron chi connectivity index (χ4n) is 5.21. The average molecular weight is 471 g/mol. The summed E-state index contributed by atoms with van der Waals surface area (Å²) >= 11 is 0. The normalized spacial score (nSPS) is 17.2. The molecule has 35 heavy (non-hydrogen) atoms. The summed E-state index contributed by atoms with van der Waals surface area (Å²) < 4.78 is 0. The first kappa shape index (κ1) is 22.9. The van der Waals surface area contributed by atoms with E-state index in [0.29, 0.717) is 29.4 Å². The Balaban J connectivity index is 1.31. The van der Waals surface area contributed by atoms with Crippen LogP contribution in [0.25, 0.3) is 11.3 Å². The third kappa shape index (κ3) is 4.84. The molecule has 5 N–H and O–H groups in total. The predicted molar refractivity (Wildman–Crippen MR) is 137 cm³/mol. The van der Waals surface area contributed by atoms with Crippen LogP contribution < -0.4 is 21.3 Å². The molecular weight excluding hydrogens is 440 g/mol. The van der Waals surface area contributed by atoms with Gasteiger partial charge >= 0.3 is 0 Å². The molecule has 2 aromatic heterocycles. The second kappa shape index (κ2) is 9.76. The van der Waals surface area contributed by atoms with Crippen LogP contribution in [-0.4, -0.2) is 58.0 Å². The van der Waals surface area contributed by atoms with Crippen LogP contribution in [0.3, 0.4) is 0 Å². The number of anilines is 3. The largest absolute Gasteiger partial charge is 0.507 e. The van der Waals surface area contributed by atoms with Gasteiger partial charge in [-0.2, -0.15) is 0 Å². The molecule has 0 radical (unpaired) electrons. The highest BCUT2D eigenvalue weighted by Crippen LogP contribution is 2.43. The number of nitrogens with zero attached hydrogens (tertiary/aromatic N) is 6. The summed E-state index contributed by atoms with van der Waals surface area (Å²) in [6, 6.07) is 11.1. The molecule has 0 bridgehead atoms. The van der Waals surface area contributed by atoms with E-state index in [1.165, 1.54) is 6.42 Å². The van der Waals surface area contributed by atoms with Gasteiger partial charge in [0.2, 0.25) is 5.82 Å². The summed E-state index contributed by atoms with van der Waals surface area (Å²) in [5.41, 5.74) is 14.1. The van der Waals surface area contributed by atoms with Crippen LogP contribution >= 0.6 is 0 Å². The van der Waals surface area contributed by atoms with Crippen LogP contribution in [0.2, 0.25) is 0 Å². The minimum atomic E-state index is 0.182. The number of nitrogen functional groups attached to an aromatic ring is 1. The highest BCUT2D eigenvalue weighted by atomic mass is 16.3. The number of rotatable bonds is 3. The monoisotopic (exact) mass is 470 g/mol. The second-order valence-corrected chi connectivity index (χ2v) is 9.27. The van der Waals surface area contributed by atoms with Gasteiger partial charge in [-0.1, -0.05) is 18.1 Å². The molecule has 1 spiro atoms. The maximum absolute atomic E-state index is 10.3. The van der Waals surface area contributed by atoms with E-state index in [1.54, 1.807) is 18.3 Å². The van der Waals surface area contributed by atoms with E-state index in [9.17, 15) is 5.11 Å². The van der Waals surface area contributed by atoms with Gasteiger partial charge in [0.25, 0.3) is 0 Å². The highest BCUT2D eigenvalue weighted by molar-refractivity contribution is 5.74. The number of para-hydroxylation sites is 1. The number of piperidine rings is 2. The Labute approximate surface area is 205 Å². The Morgan fingerprint density at radius 3 is 2.66 bits per heavy atom. The van der Waals surface area contributed by atoms with Crippen molar-refractivity contribution in [2.24, 2.45) is 11.1 Å². The van der Waals surface area contributed by atoms with Crippen LogP contribution in [0.1, 0.15) is 31.5 Å². The smallest absolute Gasteiger partial charge is 0.206 e. The predicted octanol–water partition coefficient (Wildman–Crippen LogP) is 2.42. The van der Waals surface area contributed by atoms with Crippen molar-refractivity contribution in [3.05, 3.63) is 48.4 Å². The van der Waals surface area contributed by atoms with Gasteiger partial charge in [0, 0.05) is 37.9 Å². The number of hydrogen-bond donors (Lipinski definition) is 3. The van der Waals surface area contributed by atoms with Crippen molar-refractivity contribution in [3.8, 4) is 28.8 Å². The number of benzene rings is 1. The van der Waals surface area contributed by atoms with Gasteiger partial charge in [-0.15, -0.1) is 10.2 Å². The fraction of sp³-hybridized carbons (Fsp3) is 0.385. The lowest BCUT2D eigenvalue weighted by Crippen LogP contribution is -2.50. The lowest BCUT2D eigenvalue weighted by atomic mass is 9.72. The Morgan fingerprint density at radius 2 is 1.86 bits per heavy atom. The summed E-state index contributed by atoms with van der Waals surface area (Å²) in [6.07, 6.45) is 6.19. The first-order valence-electron chi connectivity index (χ1n) is 12.0. The van der Waals surface area contributed by atoms with Crippen molar-refractivity contribution in [2.45, 2.75) is 25.7 Å². The van der Waals surface area contributed by atoms with Crippen molar-refractivity contribution in [1.82, 2.24) is 20.2 Å². The van der Waals surface area contributed by atoms with Gasteiger partial charge in [-0.25, -0.2) is 9.97 Å². The summed E-state index contributed by atoms with van der Waals surface area (Å²) in [5.74, 6) is 7.77. The number of phenols is 1. The highest BCUT2D eigenvalue weighted by Gasteiger charge is 2.39. The van der Waals surface area contributed by atoms with Crippen molar-refractivity contribution >= 4 is 17.3 Å². The average Bonchev–Trinajstić information content (AvgIpc) is 2.89. The molecule has 0 unspecified atom stereocenters. The van der Waals surface area contributed by atoms with Gasteiger partial charge in [-0.3, -0.25) is 0 Å². The van der Waals surface area contributed by atoms with Crippen LogP contribution in [0.5, 0.6) is 5.75 Å². The zero-order valence-electron chi connectivity index (χ0n) is 19.7. The van der Waals surface area contributed by atoms with Gasteiger partial charge < -0.3 is 26.4 Å². The van der Waals surface area contributed by atoms with Gasteiger partial charge in [0.1, 0.15) is 11.6 Å². The molecule has 1 aromatic carbocycles. The van der Waals surface area contributed by atoms with Crippen molar-refractivity contribution in [3.63, 3.8) is 0 Å². The molecule has 0 aliphatic carbocycles. The summed E-state index contributed by atoms with van der Waals surface area (Å²) in [4.78, 5) is 13.5. The molecule has 4 heterocycles. The molecule has 0 amide bonds. The van der Waals surface area contributed by atoms with Crippen LogP contribution in [0.15, 0.2) is 42.6 Å². The number of aromatic nitrogens is 4. The SMILES string of the molecule is NCC#Cc1nccc(N2CCC3(CCCN(c4cc(-c5ccccc5O)nnc4N)C3)CC2)n1. The molecule has 9 nitrogen and oxygen atoms in total. The van der Waals surface area contributed by atoms with Crippen molar-refractivity contribution in [2.75, 3.05) is 48.3 Å². The molecule has 9 heteroatoms. The van der Waals surface area contributed by atoms with Crippen LogP contribution in [-0.2, 0) is 0 Å². The molecule has 2 aliphatic heterocycles. The molecule has 2 aliphatic rings. The minimum absolute atomic E-state index is 0.182. The van der Waals surface area contributed by atoms with Gasteiger partial charge in [0.15, 0.2) is 5.82 Å². The second-order valence-electron chi connectivity index (χ2n) is 9.27. The van der Waals surface area contributed by atoms with E-state index >= 15 is 0 Å². The molecule has 180 valence electrons.